The highest BCUT2D eigenvalue weighted by Crippen LogP contribution is 2.38. The van der Waals surface area contributed by atoms with Gasteiger partial charge in [0.15, 0.2) is 0 Å². The molecule has 0 spiro atoms. The van der Waals surface area contributed by atoms with E-state index in [1.54, 1.807) is 7.05 Å². The molecule has 5 rings (SSSR count). The standard InChI is InChI=1S/C34H30N2S/c1-23(22-37)25-12-10-24(11-13-25)18-27-7-5-8-31(27)28-15-14-26-6-4-9-32(33(26)19-28)29-16-17-30(21-35-2)34(20-29)36-3/h5-17,19-23,27,32H,3,18H2,1-2H3. The first-order valence-corrected chi connectivity index (χ1v) is 13.1. The number of nitrogens with zero attached hydrogens (tertiary/aromatic N) is 2. The van der Waals surface area contributed by atoms with E-state index in [0.29, 0.717) is 11.8 Å². The maximum Gasteiger partial charge on any atom is 0.0713 e. The van der Waals surface area contributed by atoms with Crippen molar-refractivity contribution in [2.45, 2.75) is 25.2 Å². The molecule has 3 heteroatoms. The molecule has 2 aliphatic carbocycles. The summed E-state index contributed by atoms with van der Waals surface area (Å²) in [5.41, 5.74) is 14.1. The van der Waals surface area contributed by atoms with Gasteiger partial charge in [-0.05, 0) is 81.7 Å². The molecule has 0 aliphatic heterocycles. The summed E-state index contributed by atoms with van der Waals surface area (Å²) in [7, 11) is 1.77. The van der Waals surface area contributed by atoms with Crippen LogP contribution in [0.1, 0.15) is 57.7 Å². The highest BCUT2D eigenvalue weighted by Gasteiger charge is 2.22. The van der Waals surface area contributed by atoms with E-state index in [-0.39, 0.29) is 5.92 Å². The molecule has 0 fully saturated rings. The fourth-order valence-electron chi connectivity index (χ4n) is 5.19. The summed E-state index contributed by atoms with van der Waals surface area (Å²) in [5, 5.41) is 1.83. The zero-order valence-electron chi connectivity index (χ0n) is 21.3. The molecule has 3 unspecified atom stereocenters. The van der Waals surface area contributed by atoms with Gasteiger partial charge >= 0.3 is 0 Å². The molecule has 0 saturated heterocycles. The summed E-state index contributed by atoms with van der Waals surface area (Å²) >= 11 is 5.12. The van der Waals surface area contributed by atoms with Crippen LogP contribution in [0.25, 0.3) is 11.6 Å². The number of benzene rings is 3. The van der Waals surface area contributed by atoms with Gasteiger partial charge in [0.25, 0.3) is 0 Å². The van der Waals surface area contributed by atoms with Crippen molar-refractivity contribution in [3.8, 4) is 0 Å². The molecule has 3 aromatic carbocycles. The van der Waals surface area contributed by atoms with E-state index >= 15 is 0 Å². The third kappa shape index (κ3) is 5.15. The summed E-state index contributed by atoms with van der Waals surface area (Å²) in [6.07, 6.45) is 13.8. The molecular weight excluding hydrogens is 468 g/mol. The van der Waals surface area contributed by atoms with Gasteiger partial charge in [0.2, 0.25) is 0 Å². The highest BCUT2D eigenvalue weighted by molar-refractivity contribution is 7.79. The molecule has 0 bridgehead atoms. The van der Waals surface area contributed by atoms with Crippen molar-refractivity contribution < 1.29 is 0 Å². The molecule has 0 amide bonds. The molecule has 0 radical (unpaired) electrons. The first-order chi connectivity index (χ1) is 18.1. The van der Waals surface area contributed by atoms with Crippen molar-refractivity contribution in [3.05, 3.63) is 130 Å². The highest BCUT2D eigenvalue weighted by atomic mass is 32.1. The normalized spacial score (nSPS) is 18.6. The molecule has 37 heavy (non-hydrogen) atoms. The van der Waals surface area contributed by atoms with Gasteiger partial charge in [-0.3, -0.25) is 9.98 Å². The van der Waals surface area contributed by atoms with Crippen LogP contribution >= 0.6 is 12.2 Å². The minimum atomic E-state index is 0.109. The lowest BCUT2D eigenvalue weighted by Crippen LogP contribution is -2.06. The molecule has 2 aliphatic rings. The lowest BCUT2D eigenvalue weighted by atomic mass is 9.82. The molecule has 182 valence electrons. The number of fused-ring (bicyclic) bond motifs is 1. The van der Waals surface area contributed by atoms with Gasteiger partial charge in [-0.25, -0.2) is 0 Å². The van der Waals surface area contributed by atoms with E-state index < -0.39 is 0 Å². The predicted octanol–water partition coefficient (Wildman–Crippen LogP) is 8.30. The summed E-state index contributed by atoms with van der Waals surface area (Å²) < 4.78 is 0. The monoisotopic (exact) mass is 498 g/mol. The average molecular weight is 499 g/mol. The fraction of sp³-hybridized carbons (Fsp3) is 0.176. The van der Waals surface area contributed by atoms with Crippen LogP contribution in [0.2, 0.25) is 0 Å². The molecule has 2 nitrogen and oxygen atoms in total. The largest absolute Gasteiger partial charge is 0.296 e. The minimum Gasteiger partial charge on any atom is -0.296 e. The molecule has 0 saturated carbocycles. The Kier molecular flexibility index (Phi) is 7.37. The molecule has 3 aromatic rings. The zero-order valence-corrected chi connectivity index (χ0v) is 22.1. The Morgan fingerprint density at radius 1 is 1.08 bits per heavy atom. The minimum absolute atomic E-state index is 0.109. The maximum atomic E-state index is 5.12. The van der Waals surface area contributed by atoms with Crippen molar-refractivity contribution in [2.24, 2.45) is 15.9 Å². The third-order valence-electron chi connectivity index (χ3n) is 7.29. The Balaban J connectivity index is 1.43. The van der Waals surface area contributed by atoms with E-state index in [2.05, 4.69) is 120 Å². The van der Waals surface area contributed by atoms with Gasteiger partial charge in [0, 0.05) is 36.6 Å². The van der Waals surface area contributed by atoms with Gasteiger partial charge in [-0.1, -0.05) is 85.9 Å². The van der Waals surface area contributed by atoms with Crippen molar-refractivity contribution in [1.82, 2.24) is 0 Å². The Bertz CT molecular complexity index is 1500. The van der Waals surface area contributed by atoms with Crippen molar-refractivity contribution in [2.75, 3.05) is 7.05 Å². The van der Waals surface area contributed by atoms with Crippen molar-refractivity contribution in [3.63, 3.8) is 0 Å². The Morgan fingerprint density at radius 2 is 1.92 bits per heavy atom. The zero-order chi connectivity index (χ0) is 25.8. The van der Waals surface area contributed by atoms with E-state index in [4.69, 9.17) is 12.2 Å². The van der Waals surface area contributed by atoms with Crippen LogP contribution < -0.4 is 0 Å². The van der Waals surface area contributed by atoms with Crippen LogP contribution in [-0.2, 0) is 6.42 Å². The van der Waals surface area contributed by atoms with E-state index in [1.165, 1.54) is 39.0 Å². The molecule has 0 N–H and O–H groups in total. The van der Waals surface area contributed by atoms with Crippen LogP contribution in [0.15, 0.2) is 101 Å². The number of thiocarbonyl (C=S) groups is 1. The summed E-state index contributed by atoms with van der Waals surface area (Å²) in [4.78, 5) is 8.39. The van der Waals surface area contributed by atoms with Gasteiger partial charge in [-0.2, -0.15) is 0 Å². The SMILES string of the molecule is C=Nc1cc(C2C=C=Cc3ccc(C4=CC=CC4Cc4ccc(C(C)C=S)cc4)cc32)ccc1C=NC. The second kappa shape index (κ2) is 11.0. The van der Waals surface area contributed by atoms with Crippen LogP contribution in [0, 0.1) is 5.92 Å². The summed E-state index contributed by atoms with van der Waals surface area (Å²) in [6.45, 7) is 5.90. The van der Waals surface area contributed by atoms with Crippen LogP contribution in [0.5, 0.6) is 0 Å². The lowest BCUT2D eigenvalue weighted by molar-refractivity contribution is 0.833. The molecule has 3 atom stereocenters. The van der Waals surface area contributed by atoms with Crippen molar-refractivity contribution in [1.29, 1.82) is 0 Å². The topological polar surface area (TPSA) is 24.7 Å². The smallest absolute Gasteiger partial charge is 0.0713 e. The molecular formula is C34H30N2S. The van der Waals surface area contributed by atoms with E-state index in [1.807, 2.05) is 11.6 Å². The van der Waals surface area contributed by atoms with E-state index in [0.717, 1.165) is 17.7 Å². The number of allylic oxidation sites excluding steroid dienone is 5. The maximum absolute atomic E-state index is 5.12. The van der Waals surface area contributed by atoms with Crippen molar-refractivity contribution >= 4 is 47.9 Å². The second-order valence-electron chi connectivity index (χ2n) is 9.65. The van der Waals surface area contributed by atoms with Gasteiger partial charge in [0.1, 0.15) is 0 Å². The first kappa shape index (κ1) is 24.8. The Morgan fingerprint density at radius 3 is 2.68 bits per heavy atom. The Labute approximate surface area is 225 Å². The van der Waals surface area contributed by atoms with Gasteiger partial charge < -0.3 is 0 Å². The average Bonchev–Trinajstić information content (AvgIpc) is 3.41. The van der Waals surface area contributed by atoms with E-state index in [9.17, 15) is 0 Å². The van der Waals surface area contributed by atoms with Gasteiger partial charge in [0.05, 0.1) is 5.69 Å². The second-order valence-corrected chi connectivity index (χ2v) is 9.92. The van der Waals surface area contributed by atoms with Crippen LogP contribution in [0.3, 0.4) is 0 Å². The third-order valence-corrected chi connectivity index (χ3v) is 7.70. The number of rotatable bonds is 8. The Hall–Kier alpha value is -3.91. The fourth-order valence-corrected chi connectivity index (χ4v) is 5.35. The van der Waals surface area contributed by atoms with Crippen LogP contribution in [0.4, 0.5) is 5.69 Å². The summed E-state index contributed by atoms with van der Waals surface area (Å²) in [6, 6.07) is 22.1. The molecule has 0 aromatic heterocycles. The molecule has 0 heterocycles. The quantitative estimate of drug-likeness (QED) is 0.174. The van der Waals surface area contributed by atoms with Crippen LogP contribution in [-0.4, -0.2) is 25.3 Å². The first-order valence-electron chi connectivity index (χ1n) is 12.6. The predicted molar refractivity (Wildman–Crippen MR) is 163 cm³/mol. The number of hydrogen-bond donors (Lipinski definition) is 0. The number of aliphatic imine (C=N–C) groups is 2. The summed E-state index contributed by atoms with van der Waals surface area (Å²) in [5.74, 6) is 0.757. The number of hydrogen-bond acceptors (Lipinski definition) is 3. The van der Waals surface area contributed by atoms with Gasteiger partial charge in [-0.15, -0.1) is 5.73 Å². The lowest BCUT2D eigenvalue weighted by Gasteiger charge is -2.22.